The Balaban J connectivity index is 1.83. The molecule has 2 heterocycles. The fourth-order valence-electron chi connectivity index (χ4n) is 4.06. The molecule has 0 bridgehead atoms. The number of rotatable bonds is 7. The number of hydrogen-bond acceptors (Lipinski definition) is 7. The van der Waals surface area contributed by atoms with E-state index in [1.807, 2.05) is 13.8 Å². The summed E-state index contributed by atoms with van der Waals surface area (Å²) in [4.78, 5) is 31.8. The van der Waals surface area contributed by atoms with Gasteiger partial charge in [0, 0.05) is 24.5 Å². The zero-order valence-corrected chi connectivity index (χ0v) is 19.6. The summed E-state index contributed by atoms with van der Waals surface area (Å²) in [6.07, 6.45) is 3.21. The molecule has 0 aliphatic carbocycles. The van der Waals surface area contributed by atoms with Gasteiger partial charge in [0.05, 0.1) is 24.8 Å². The molecule has 2 N–H and O–H groups in total. The molecule has 0 unspecified atom stereocenters. The summed E-state index contributed by atoms with van der Waals surface area (Å²) in [7, 11) is 1.41. The predicted octanol–water partition coefficient (Wildman–Crippen LogP) is 4.20. The van der Waals surface area contributed by atoms with Crippen LogP contribution >= 0.6 is 0 Å². The van der Waals surface area contributed by atoms with Gasteiger partial charge in [-0.2, -0.15) is 0 Å². The Hall–Kier alpha value is -4.33. The Morgan fingerprint density at radius 3 is 2.49 bits per heavy atom. The Morgan fingerprint density at radius 1 is 1.11 bits per heavy atom. The molecule has 4 rings (SSSR count). The summed E-state index contributed by atoms with van der Waals surface area (Å²) >= 11 is 0. The van der Waals surface area contributed by atoms with E-state index >= 15 is 0 Å². The van der Waals surface area contributed by atoms with E-state index in [4.69, 9.17) is 9.47 Å². The number of carbonyl (C=O) groups is 2. The fraction of sp³-hybridized carbons (Fsp3) is 0.222. The second-order valence-corrected chi connectivity index (χ2v) is 8.41. The lowest BCUT2D eigenvalue weighted by molar-refractivity contribution is -0.140. The van der Waals surface area contributed by atoms with Gasteiger partial charge in [0.15, 0.2) is 11.5 Å². The minimum Gasteiger partial charge on any atom is -0.507 e. The number of ether oxygens (including phenoxy) is 2. The first-order chi connectivity index (χ1) is 16.8. The summed E-state index contributed by atoms with van der Waals surface area (Å²) in [5.41, 5.74) is 1.55. The summed E-state index contributed by atoms with van der Waals surface area (Å²) < 4.78 is 10.9. The highest BCUT2D eigenvalue weighted by molar-refractivity contribution is 6.46. The van der Waals surface area contributed by atoms with Crippen molar-refractivity contribution in [3.63, 3.8) is 0 Å². The van der Waals surface area contributed by atoms with Crippen molar-refractivity contribution in [3.05, 3.63) is 89.3 Å². The van der Waals surface area contributed by atoms with E-state index in [0.717, 1.165) is 5.56 Å². The normalized spacial score (nSPS) is 17.1. The van der Waals surface area contributed by atoms with Gasteiger partial charge in [-0.05, 0) is 67.4 Å². The van der Waals surface area contributed by atoms with Gasteiger partial charge in [-0.25, -0.2) is 0 Å². The molecule has 1 aliphatic heterocycles. The van der Waals surface area contributed by atoms with E-state index in [2.05, 4.69) is 4.98 Å². The first kappa shape index (κ1) is 23.8. The Morgan fingerprint density at radius 2 is 1.86 bits per heavy atom. The highest BCUT2D eigenvalue weighted by Crippen LogP contribution is 2.42. The first-order valence-electron chi connectivity index (χ1n) is 11.1. The van der Waals surface area contributed by atoms with Crippen molar-refractivity contribution in [1.82, 2.24) is 9.88 Å². The summed E-state index contributed by atoms with van der Waals surface area (Å²) in [5.74, 6) is -1.12. The number of phenolic OH excluding ortho intramolecular Hbond substituents is 1. The summed E-state index contributed by atoms with van der Waals surface area (Å²) in [6.45, 7) is 3.91. The van der Waals surface area contributed by atoms with Crippen LogP contribution < -0.4 is 9.47 Å². The smallest absolute Gasteiger partial charge is 0.295 e. The van der Waals surface area contributed by atoms with Crippen LogP contribution in [-0.2, 0) is 16.1 Å². The maximum atomic E-state index is 13.2. The Kier molecular flexibility index (Phi) is 6.73. The average Bonchev–Trinajstić information content (AvgIpc) is 3.09. The molecule has 35 heavy (non-hydrogen) atoms. The molecule has 8 heteroatoms. The van der Waals surface area contributed by atoms with E-state index in [-0.39, 0.29) is 35.5 Å². The maximum absolute atomic E-state index is 13.2. The number of amides is 1. The molecular formula is C27H26N2O6. The van der Waals surface area contributed by atoms with Crippen molar-refractivity contribution in [3.8, 4) is 17.2 Å². The van der Waals surface area contributed by atoms with E-state index in [1.54, 1.807) is 60.9 Å². The minimum absolute atomic E-state index is 0.0169. The van der Waals surface area contributed by atoms with Gasteiger partial charge in [0.1, 0.15) is 11.5 Å². The standard InChI is InChI=1S/C27H26N2O6/c1-16(2)35-20-9-6-18(7-10-20)25(31)23-24(19-8-11-21(30)22(13-19)34-3)29(27(33)26(23)32)15-17-5-4-12-28-14-17/h4-14,16,24,30-31H,15H2,1-3H3/b25-23+/t24-/m0/s1. The highest BCUT2D eigenvalue weighted by atomic mass is 16.5. The largest absolute Gasteiger partial charge is 0.507 e. The Bertz CT molecular complexity index is 1270. The number of likely N-dealkylation sites (tertiary alicyclic amines) is 1. The van der Waals surface area contributed by atoms with E-state index in [1.165, 1.54) is 18.1 Å². The van der Waals surface area contributed by atoms with Crippen molar-refractivity contribution in [2.45, 2.75) is 32.5 Å². The lowest BCUT2D eigenvalue weighted by atomic mass is 9.95. The van der Waals surface area contributed by atoms with Crippen LogP contribution in [0, 0.1) is 0 Å². The number of methoxy groups -OCH3 is 1. The van der Waals surface area contributed by atoms with E-state index < -0.39 is 17.7 Å². The van der Waals surface area contributed by atoms with Gasteiger partial charge >= 0.3 is 0 Å². The van der Waals surface area contributed by atoms with Crippen molar-refractivity contribution >= 4 is 17.4 Å². The summed E-state index contributed by atoms with van der Waals surface area (Å²) in [6, 6.07) is 13.9. The van der Waals surface area contributed by atoms with Gasteiger partial charge < -0.3 is 24.6 Å². The number of aliphatic hydroxyl groups is 1. The third-order valence-corrected chi connectivity index (χ3v) is 5.63. The van der Waals surface area contributed by atoms with Gasteiger partial charge in [-0.3, -0.25) is 14.6 Å². The molecular weight excluding hydrogens is 448 g/mol. The van der Waals surface area contributed by atoms with Crippen molar-refractivity contribution in [2.75, 3.05) is 7.11 Å². The number of aliphatic hydroxyl groups excluding tert-OH is 1. The van der Waals surface area contributed by atoms with E-state index in [9.17, 15) is 19.8 Å². The molecule has 0 radical (unpaired) electrons. The third-order valence-electron chi connectivity index (χ3n) is 5.63. The van der Waals surface area contributed by atoms with Crippen LogP contribution in [0.1, 0.15) is 36.6 Å². The van der Waals surface area contributed by atoms with Crippen LogP contribution in [0.4, 0.5) is 0 Å². The number of phenols is 1. The predicted molar refractivity (Wildman–Crippen MR) is 129 cm³/mol. The van der Waals surface area contributed by atoms with Crippen LogP contribution in [0.15, 0.2) is 72.6 Å². The number of nitrogens with zero attached hydrogens (tertiary/aromatic N) is 2. The number of ketones is 1. The monoisotopic (exact) mass is 474 g/mol. The molecule has 1 saturated heterocycles. The zero-order valence-electron chi connectivity index (χ0n) is 19.6. The molecule has 8 nitrogen and oxygen atoms in total. The topological polar surface area (TPSA) is 109 Å². The Labute approximate surface area is 203 Å². The lowest BCUT2D eigenvalue weighted by Crippen LogP contribution is -2.29. The SMILES string of the molecule is COc1cc([C@H]2/C(=C(\O)c3ccc(OC(C)C)cc3)C(=O)C(=O)N2Cc2cccnc2)ccc1O. The molecule has 3 aromatic rings. The molecule has 0 spiro atoms. The molecule has 1 atom stereocenters. The van der Waals surface area contributed by atoms with Crippen molar-refractivity contribution in [1.29, 1.82) is 0 Å². The number of aromatic hydroxyl groups is 1. The van der Waals surface area contributed by atoms with Gasteiger partial charge in [-0.1, -0.05) is 12.1 Å². The zero-order chi connectivity index (χ0) is 25.1. The number of benzene rings is 2. The quantitative estimate of drug-likeness (QED) is 0.300. The van der Waals surface area contributed by atoms with Crippen LogP contribution in [0.2, 0.25) is 0 Å². The lowest BCUT2D eigenvalue weighted by Gasteiger charge is -2.25. The molecule has 1 aliphatic rings. The van der Waals surface area contributed by atoms with Crippen LogP contribution in [-0.4, -0.2) is 45.0 Å². The number of carbonyl (C=O) groups excluding carboxylic acids is 2. The van der Waals surface area contributed by atoms with E-state index in [0.29, 0.717) is 16.9 Å². The second-order valence-electron chi connectivity index (χ2n) is 8.41. The number of Topliss-reactive ketones (excluding diaryl/α,β-unsaturated/α-hetero) is 1. The number of aromatic nitrogens is 1. The van der Waals surface area contributed by atoms with Crippen molar-refractivity contribution in [2.24, 2.45) is 0 Å². The molecule has 0 saturated carbocycles. The maximum Gasteiger partial charge on any atom is 0.295 e. The summed E-state index contributed by atoms with van der Waals surface area (Å²) in [5, 5.41) is 21.3. The van der Waals surface area contributed by atoms with Gasteiger partial charge in [0.2, 0.25) is 0 Å². The fourth-order valence-corrected chi connectivity index (χ4v) is 4.06. The highest BCUT2D eigenvalue weighted by Gasteiger charge is 2.46. The minimum atomic E-state index is -0.906. The van der Waals surface area contributed by atoms with Crippen molar-refractivity contribution < 1.29 is 29.3 Å². The first-order valence-corrected chi connectivity index (χ1v) is 11.1. The van der Waals surface area contributed by atoms with Gasteiger partial charge in [-0.15, -0.1) is 0 Å². The molecule has 1 aromatic heterocycles. The average molecular weight is 475 g/mol. The number of pyridine rings is 1. The van der Waals surface area contributed by atoms with Crippen LogP contribution in [0.3, 0.4) is 0 Å². The molecule has 1 amide bonds. The van der Waals surface area contributed by atoms with Gasteiger partial charge in [0.25, 0.3) is 11.7 Å². The molecule has 2 aromatic carbocycles. The van der Waals surface area contributed by atoms with Crippen LogP contribution in [0.25, 0.3) is 5.76 Å². The third kappa shape index (κ3) is 4.82. The second kappa shape index (κ2) is 9.89. The molecule has 180 valence electrons. The van der Waals surface area contributed by atoms with Crippen LogP contribution in [0.5, 0.6) is 17.2 Å². The molecule has 1 fully saturated rings. The number of hydrogen-bond donors (Lipinski definition) is 2.